The Kier molecular flexibility index (Phi) is 4.18. The van der Waals surface area contributed by atoms with Crippen LogP contribution in [0.2, 0.25) is 0 Å². The molecule has 0 spiro atoms. The highest BCUT2D eigenvalue weighted by Crippen LogP contribution is 2.27. The van der Waals surface area contributed by atoms with Crippen molar-refractivity contribution < 1.29 is 19.2 Å². The van der Waals surface area contributed by atoms with Crippen LogP contribution in [-0.2, 0) is 15.1 Å². The average Bonchev–Trinajstić information content (AvgIpc) is 3.05. The molecule has 1 atom stereocenters. The molecule has 2 saturated heterocycles. The SMILES string of the molecule is C[C@]1(c2ccccc2)NC(=O)N(NC(=O)CN2CCSC2=O)C1=O. The quantitative estimate of drug-likeness (QED) is 0.779. The highest BCUT2D eigenvalue weighted by molar-refractivity contribution is 8.13. The van der Waals surface area contributed by atoms with E-state index >= 15 is 0 Å². The van der Waals surface area contributed by atoms with E-state index in [1.165, 1.54) is 4.90 Å². The number of imide groups is 1. The van der Waals surface area contributed by atoms with Gasteiger partial charge in [-0.05, 0) is 12.5 Å². The molecule has 5 amide bonds. The lowest BCUT2D eigenvalue weighted by Crippen LogP contribution is -2.50. The number of hydrogen-bond donors (Lipinski definition) is 2. The van der Waals surface area contributed by atoms with Gasteiger partial charge in [0.25, 0.3) is 17.1 Å². The molecule has 8 nitrogen and oxygen atoms in total. The molecule has 0 radical (unpaired) electrons. The van der Waals surface area contributed by atoms with Crippen LogP contribution in [0, 0.1) is 0 Å². The van der Waals surface area contributed by atoms with E-state index in [-0.39, 0.29) is 11.8 Å². The number of thioether (sulfide) groups is 1. The van der Waals surface area contributed by atoms with Crippen LogP contribution in [0.3, 0.4) is 0 Å². The van der Waals surface area contributed by atoms with E-state index in [2.05, 4.69) is 10.7 Å². The molecular weight excluding hydrogens is 332 g/mol. The number of carbonyl (C=O) groups is 4. The van der Waals surface area contributed by atoms with E-state index in [0.717, 1.165) is 11.8 Å². The van der Waals surface area contributed by atoms with Crippen LogP contribution in [0.15, 0.2) is 30.3 Å². The summed E-state index contributed by atoms with van der Waals surface area (Å²) in [6.45, 7) is 1.86. The van der Waals surface area contributed by atoms with Crippen LogP contribution in [0.5, 0.6) is 0 Å². The van der Waals surface area contributed by atoms with Crippen LogP contribution in [0.4, 0.5) is 9.59 Å². The molecule has 0 aliphatic carbocycles. The topological polar surface area (TPSA) is 98.8 Å². The van der Waals surface area contributed by atoms with Crippen molar-refractivity contribution in [3.63, 3.8) is 0 Å². The van der Waals surface area contributed by atoms with Gasteiger partial charge in [0.2, 0.25) is 0 Å². The van der Waals surface area contributed by atoms with Crippen LogP contribution in [-0.4, -0.2) is 51.8 Å². The van der Waals surface area contributed by atoms with Crippen molar-refractivity contribution in [2.45, 2.75) is 12.5 Å². The van der Waals surface area contributed by atoms with E-state index in [4.69, 9.17) is 0 Å². The third-order valence-electron chi connectivity index (χ3n) is 3.96. The Morgan fingerprint density at radius 1 is 1.29 bits per heavy atom. The van der Waals surface area contributed by atoms with E-state index < -0.39 is 23.4 Å². The minimum atomic E-state index is -1.25. The van der Waals surface area contributed by atoms with Crippen LogP contribution < -0.4 is 10.7 Å². The van der Waals surface area contributed by atoms with Gasteiger partial charge >= 0.3 is 6.03 Å². The zero-order valence-corrected chi connectivity index (χ0v) is 13.8. The van der Waals surface area contributed by atoms with Crippen molar-refractivity contribution in [2.24, 2.45) is 0 Å². The van der Waals surface area contributed by atoms with Gasteiger partial charge in [-0.2, -0.15) is 5.01 Å². The number of rotatable bonds is 4. The maximum Gasteiger partial charge on any atom is 0.344 e. The molecule has 9 heteroatoms. The second-order valence-corrected chi connectivity index (χ2v) is 6.68. The molecule has 0 unspecified atom stereocenters. The van der Waals surface area contributed by atoms with Crippen molar-refractivity contribution in [1.29, 1.82) is 0 Å². The summed E-state index contributed by atoms with van der Waals surface area (Å²) in [4.78, 5) is 49.7. The lowest BCUT2D eigenvalue weighted by molar-refractivity contribution is -0.139. The first kappa shape index (κ1) is 16.3. The third-order valence-corrected chi connectivity index (χ3v) is 4.85. The molecule has 0 saturated carbocycles. The lowest BCUT2D eigenvalue weighted by atomic mass is 9.92. The number of carbonyl (C=O) groups excluding carboxylic acids is 4. The Morgan fingerprint density at radius 2 is 2.00 bits per heavy atom. The molecule has 126 valence electrons. The van der Waals surface area contributed by atoms with E-state index in [1.807, 2.05) is 0 Å². The molecule has 2 aliphatic heterocycles. The Morgan fingerprint density at radius 3 is 2.62 bits per heavy atom. The Bertz CT molecular complexity index is 711. The lowest BCUT2D eigenvalue weighted by Gasteiger charge is -2.22. The highest BCUT2D eigenvalue weighted by Gasteiger charge is 2.50. The summed E-state index contributed by atoms with van der Waals surface area (Å²) in [6.07, 6.45) is 0. The van der Waals surface area contributed by atoms with Crippen LogP contribution in [0.1, 0.15) is 12.5 Å². The molecule has 2 aliphatic rings. The minimum absolute atomic E-state index is 0.184. The van der Waals surface area contributed by atoms with Gasteiger partial charge in [-0.3, -0.25) is 19.8 Å². The van der Waals surface area contributed by atoms with E-state index in [9.17, 15) is 19.2 Å². The van der Waals surface area contributed by atoms with Crippen molar-refractivity contribution in [1.82, 2.24) is 20.7 Å². The summed E-state index contributed by atoms with van der Waals surface area (Å²) in [5.41, 5.74) is 1.65. The summed E-state index contributed by atoms with van der Waals surface area (Å²) in [7, 11) is 0. The normalized spacial score (nSPS) is 23.6. The number of nitrogens with zero attached hydrogens (tertiary/aromatic N) is 2. The van der Waals surface area contributed by atoms with Gasteiger partial charge in [-0.1, -0.05) is 42.1 Å². The summed E-state index contributed by atoms with van der Waals surface area (Å²) < 4.78 is 0. The minimum Gasteiger partial charge on any atom is -0.323 e. The first-order valence-electron chi connectivity index (χ1n) is 7.35. The maximum atomic E-state index is 12.6. The second kappa shape index (κ2) is 6.16. The van der Waals surface area contributed by atoms with Crippen molar-refractivity contribution in [3.05, 3.63) is 35.9 Å². The first-order valence-corrected chi connectivity index (χ1v) is 8.34. The summed E-state index contributed by atoms with van der Waals surface area (Å²) in [6, 6.07) is 8.07. The standard InChI is InChI=1S/C15H16N4O4S/c1-15(10-5-3-2-4-6-10)12(21)19(13(22)16-15)17-11(20)9-18-7-8-24-14(18)23/h2-6H,7-9H2,1H3,(H,16,22)(H,17,20)/t15-/m1/s1. The van der Waals surface area contributed by atoms with Gasteiger partial charge in [0.15, 0.2) is 0 Å². The molecule has 3 rings (SSSR count). The second-order valence-electron chi connectivity index (χ2n) is 5.63. The van der Waals surface area contributed by atoms with Gasteiger partial charge in [0.05, 0.1) is 0 Å². The van der Waals surface area contributed by atoms with Crippen molar-refractivity contribution >= 4 is 34.8 Å². The molecule has 1 aromatic carbocycles. The van der Waals surface area contributed by atoms with Gasteiger partial charge in [-0.15, -0.1) is 0 Å². The van der Waals surface area contributed by atoms with Gasteiger partial charge < -0.3 is 10.2 Å². The zero-order valence-electron chi connectivity index (χ0n) is 12.9. The van der Waals surface area contributed by atoms with E-state index in [0.29, 0.717) is 22.9 Å². The number of nitrogens with one attached hydrogen (secondary N) is 2. The largest absolute Gasteiger partial charge is 0.344 e. The predicted octanol–water partition coefficient (Wildman–Crippen LogP) is 0.654. The molecule has 2 N–H and O–H groups in total. The fourth-order valence-corrected chi connectivity index (χ4v) is 3.44. The average molecular weight is 348 g/mol. The number of hydrogen-bond acceptors (Lipinski definition) is 5. The Hall–Kier alpha value is -2.55. The van der Waals surface area contributed by atoms with E-state index in [1.54, 1.807) is 37.3 Å². The monoisotopic (exact) mass is 348 g/mol. The fourth-order valence-electron chi connectivity index (χ4n) is 2.61. The third kappa shape index (κ3) is 2.82. The predicted molar refractivity (Wildman–Crippen MR) is 86.7 cm³/mol. The number of benzene rings is 1. The summed E-state index contributed by atoms with van der Waals surface area (Å²) in [5.74, 6) is -0.540. The smallest absolute Gasteiger partial charge is 0.323 e. The van der Waals surface area contributed by atoms with Crippen molar-refractivity contribution in [3.8, 4) is 0 Å². The summed E-state index contributed by atoms with van der Waals surface area (Å²) in [5, 5.41) is 3.08. The maximum absolute atomic E-state index is 12.6. The molecule has 24 heavy (non-hydrogen) atoms. The molecule has 1 aromatic rings. The van der Waals surface area contributed by atoms with Crippen molar-refractivity contribution in [2.75, 3.05) is 18.8 Å². The Labute approximate surface area is 142 Å². The Balaban J connectivity index is 1.70. The van der Waals surface area contributed by atoms with Crippen LogP contribution >= 0.6 is 11.8 Å². The molecule has 0 aromatic heterocycles. The van der Waals surface area contributed by atoms with Crippen LogP contribution in [0.25, 0.3) is 0 Å². The molecule has 2 heterocycles. The fraction of sp³-hybridized carbons (Fsp3) is 0.333. The van der Waals surface area contributed by atoms with Gasteiger partial charge in [0, 0.05) is 12.3 Å². The van der Waals surface area contributed by atoms with Gasteiger partial charge in [-0.25, -0.2) is 4.79 Å². The molecule has 0 bridgehead atoms. The molecule has 2 fully saturated rings. The number of hydrazine groups is 1. The number of amides is 5. The number of urea groups is 1. The van der Waals surface area contributed by atoms with Gasteiger partial charge in [0.1, 0.15) is 12.1 Å². The zero-order chi connectivity index (χ0) is 17.3. The highest BCUT2D eigenvalue weighted by atomic mass is 32.2. The molecular formula is C15H16N4O4S. The summed E-state index contributed by atoms with van der Waals surface area (Å²) >= 11 is 1.14. The first-order chi connectivity index (χ1) is 11.4.